The number of phosphoric acid groups is 1. The van der Waals surface area contributed by atoms with E-state index in [1.807, 2.05) is 0 Å². The van der Waals surface area contributed by atoms with E-state index in [1.165, 1.54) is 0 Å². The number of hydrogen-bond acceptors (Lipinski definition) is 3. The molecule has 11 heavy (non-hydrogen) atoms. The van der Waals surface area contributed by atoms with Crippen molar-refractivity contribution < 1.29 is 29.5 Å². The molecular weight excluding hydrogens is 197 g/mol. The van der Waals surface area contributed by atoms with E-state index in [0.717, 1.165) is 0 Å². The second-order valence-corrected chi connectivity index (χ2v) is 2.29. The molecule has 0 aromatic rings. The molecule has 0 heterocycles. The van der Waals surface area contributed by atoms with Gasteiger partial charge in [-0.3, -0.25) is 4.52 Å². The molecule has 0 aromatic heterocycles. The summed E-state index contributed by atoms with van der Waals surface area (Å²) in [5.41, 5.74) is 0. The maximum absolute atomic E-state index is 9.75. The molecule has 0 aromatic carbocycles. The molecule has 0 amide bonds. The van der Waals surface area contributed by atoms with Gasteiger partial charge in [-0.1, -0.05) is 0 Å². The van der Waals surface area contributed by atoms with Gasteiger partial charge in [0.1, 0.15) is 0 Å². The van der Waals surface area contributed by atoms with Crippen molar-refractivity contribution in [1.82, 2.24) is 0 Å². The first-order valence-electron chi connectivity index (χ1n) is 1.87. The Kier molecular flexibility index (Phi) is 25.3. The van der Waals surface area contributed by atoms with Gasteiger partial charge in [-0.15, -0.1) is 0 Å². The Morgan fingerprint density at radius 2 is 1.64 bits per heavy atom. The molecule has 0 radical (unpaired) electrons. The van der Waals surface area contributed by atoms with Crippen LogP contribution in [0.25, 0.3) is 0 Å². The Labute approximate surface area is 108 Å². The van der Waals surface area contributed by atoms with E-state index in [0.29, 0.717) is 0 Å². The summed E-state index contributed by atoms with van der Waals surface area (Å²) >= 11 is 0. The summed E-state index contributed by atoms with van der Waals surface area (Å²) in [7, 11) is -4.34. The molecule has 0 saturated heterocycles. The van der Waals surface area contributed by atoms with Gasteiger partial charge >= 0.3 is 66.9 Å². The maximum atomic E-state index is 9.75. The van der Waals surface area contributed by atoms with Crippen molar-refractivity contribution in [1.29, 1.82) is 0 Å². The van der Waals surface area contributed by atoms with Crippen LogP contribution in [-0.4, -0.2) is 92.7 Å². The van der Waals surface area contributed by atoms with Crippen LogP contribution in [0.4, 0.5) is 0 Å². The minimum absolute atomic E-state index is 0. The molecule has 0 spiro atoms. The summed E-state index contributed by atoms with van der Waals surface area (Å²) in [5, 5.41) is 7.96. The predicted octanol–water partition coefficient (Wildman–Crippen LogP) is -3.03. The van der Waals surface area contributed by atoms with Crippen LogP contribution in [0.1, 0.15) is 0 Å². The first-order chi connectivity index (χ1) is 3.56. The summed E-state index contributed by atoms with van der Waals surface area (Å²) in [6.45, 7) is -0.713. The van der Waals surface area contributed by atoms with Gasteiger partial charge < -0.3 is 20.4 Å². The second-order valence-electron chi connectivity index (χ2n) is 1.05. The van der Waals surface area contributed by atoms with Crippen molar-refractivity contribution in [2.75, 3.05) is 13.2 Å². The van der Waals surface area contributed by atoms with Gasteiger partial charge in [0.15, 0.2) is 0 Å². The van der Waals surface area contributed by atoms with Crippen molar-refractivity contribution in [2.24, 2.45) is 0 Å². The molecule has 0 saturated carbocycles. The Bertz CT molecular complexity index is 103. The summed E-state index contributed by atoms with van der Waals surface area (Å²) in [6, 6.07) is 0. The average molecular weight is 208 g/mol. The fourth-order valence-electron chi connectivity index (χ4n) is 0.160. The SMILES string of the molecule is O.O=P(O)(O)OCCO.[NaH].[NaH]. The molecule has 0 aliphatic carbocycles. The molecule has 9 heteroatoms. The molecule has 0 bridgehead atoms. The third-order valence-electron chi connectivity index (χ3n) is 0.351. The summed E-state index contributed by atoms with van der Waals surface area (Å²) in [5.74, 6) is 0. The summed E-state index contributed by atoms with van der Waals surface area (Å²) < 4.78 is 13.5. The number of hydrogen-bond donors (Lipinski definition) is 3. The fraction of sp³-hybridized carbons (Fsp3) is 1.00. The standard InChI is InChI=1S/C2H7O5P.2Na.H2O.2H/c3-1-2-7-8(4,5)6;;;;;/h3H,1-2H2,(H2,4,5,6);;;1H2;;. The zero-order chi connectivity index (χ0) is 6.62. The molecule has 0 fully saturated rings. The molecule has 0 rings (SSSR count). The van der Waals surface area contributed by atoms with Gasteiger partial charge in [0.2, 0.25) is 0 Å². The van der Waals surface area contributed by atoms with Crippen molar-refractivity contribution >= 4 is 66.9 Å². The Balaban J connectivity index is -0.0000000817. The van der Waals surface area contributed by atoms with Crippen molar-refractivity contribution in [3.8, 4) is 0 Å². The van der Waals surface area contributed by atoms with E-state index in [4.69, 9.17) is 14.9 Å². The fourth-order valence-corrected chi connectivity index (χ4v) is 0.479. The molecule has 62 valence electrons. The summed E-state index contributed by atoms with van der Waals surface area (Å²) in [6.07, 6.45) is 0. The van der Waals surface area contributed by atoms with Crippen LogP contribution in [0, 0.1) is 0 Å². The zero-order valence-electron chi connectivity index (χ0n) is 4.52. The van der Waals surface area contributed by atoms with E-state index in [1.54, 1.807) is 0 Å². The van der Waals surface area contributed by atoms with E-state index in [-0.39, 0.29) is 77.8 Å². The van der Waals surface area contributed by atoms with Crippen LogP contribution in [0.5, 0.6) is 0 Å². The quantitative estimate of drug-likeness (QED) is 0.336. The third kappa shape index (κ3) is 24.5. The van der Waals surface area contributed by atoms with Crippen LogP contribution >= 0.6 is 7.82 Å². The molecule has 0 aliphatic heterocycles. The first-order valence-corrected chi connectivity index (χ1v) is 3.40. The van der Waals surface area contributed by atoms with E-state index in [2.05, 4.69) is 4.52 Å². The van der Waals surface area contributed by atoms with Gasteiger partial charge in [0.25, 0.3) is 0 Å². The monoisotopic (exact) mass is 208 g/mol. The first kappa shape index (κ1) is 23.1. The van der Waals surface area contributed by atoms with Gasteiger partial charge in [-0.25, -0.2) is 4.57 Å². The number of phosphoric ester groups is 1. The predicted molar refractivity (Wildman–Crippen MR) is 43.0 cm³/mol. The average Bonchev–Trinajstić information content (AvgIpc) is 1.59. The van der Waals surface area contributed by atoms with Crippen molar-refractivity contribution in [2.45, 2.75) is 0 Å². The molecule has 0 aliphatic rings. The molecule has 6 nitrogen and oxygen atoms in total. The second kappa shape index (κ2) is 12.0. The number of rotatable bonds is 3. The van der Waals surface area contributed by atoms with Gasteiger partial charge in [0, 0.05) is 0 Å². The molecule has 5 N–H and O–H groups in total. The van der Waals surface area contributed by atoms with E-state index < -0.39 is 7.82 Å². The molecule has 0 atom stereocenters. The van der Waals surface area contributed by atoms with E-state index >= 15 is 0 Å². The number of aliphatic hydroxyl groups excluding tert-OH is 1. The van der Waals surface area contributed by atoms with E-state index in [9.17, 15) is 4.57 Å². The van der Waals surface area contributed by atoms with Gasteiger partial charge in [-0.2, -0.15) is 0 Å². The third-order valence-corrected chi connectivity index (χ3v) is 0.870. The van der Waals surface area contributed by atoms with Gasteiger partial charge in [-0.05, 0) is 0 Å². The van der Waals surface area contributed by atoms with Crippen LogP contribution in [-0.2, 0) is 9.09 Å². The normalized spacial score (nSPS) is 8.64. The minimum atomic E-state index is -4.34. The topological polar surface area (TPSA) is 118 Å². The van der Waals surface area contributed by atoms with Crippen LogP contribution in [0.15, 0.2) is 0 Å². The zero-order valence-corrected chi connectivity index (χ0v) is 5.41. The number of aliphatic hydroxyl groups is 1. The summed E-state index contributed by atoms with van der Waals surface area (Å²) in [4.78, 5) is 15.9. The van der Waals surface area contributed by atoms with Crippen LogP contribution < -0.4 is 0 Å². The Hall–Kier alpha value is 2.03. The Morgan fingerprint density at radius 3 is 1.73 bits per heavy atom. The van der Waals surface area contributed by atoms with Gasteiger partial charge in [0.05, 0.1) is 13.2 Å². The van der Waals surface area contributed by atoms with Crippen LogP contribution in [0.2, 0.25) is 0 Å². The molecular formula is C2H11Na2O6P. The van der Waals surface area contributed by atoms with Crippen LogP contribution in [0.3, 0.4) is 0 Å². The molecule has 0 unspecified atom stereocenters. The van der Waals surface area contributed by atoms with Crippen molar-refractivity contribution in [3.05, 3.63) is 0 Å². The van der Waals surface area contributed by atoms with Crippen molar-refractivity contribution in [3.63, 3.8) is 0 Å². The Morgan fingerprint density at radius 1 is 1.27 bits per heavy atom.